The maximum absolute atomic E-state index is 13.2. The zero-order valence-electron chi connectivity index (χ0n) is 17.6. The minimum absolute atomic E-state index is 0.155. The first-order valence-electron chi connectivity index (χ1n) is 10.4. The number of hydrogen-bond donors (Lipinski definition) is 1. The molecule has 2 fully saturated rings. The molecule has 2 saturated carbocycles. The third-order valence-electron chi connectivity index (χ3n) is 5.78. The lowest BCUT2D eigenvalue weighted by molar-refractivity contribution is -0.143. The van der Waals surface area contributed by atoms with E-state index in [1.165, 1.54) is 18.0 Å². The molecule has 2 amide bonds. The largest absolute Gasteiger partial charge is 0.445 e. The van der Waals surface area contributed by atoms with Crippen molar-refractivity contribution in [2.24, 2.45) is 10.7 Å². The SMILES string of the molecule is CC(=O)N1c2ccc(C(C=NC3CC3)=CN)cc2N(C(=O)OC2CC(F)(F)C2)CC1C. The van der Waals surface area contributed by atoms with E-state index in [1.807, 2.05) is 13.0 Å². The van der Waals surface area contributed by atoms with E-state index >= 15 is 0 Å². The van der Waals surface area contributed by atoms with Crippen LogP contribution in [-0.2, 0) is 9.53 Å². The van der Waals surface area contributed by atoms with Crippen molar-refractivity contribution in [2.45, 2.75) is 63.6 Å². The first kappa shape index (κ1) is 21.3. The molecular weight excluding hydrogens is 406 g/mol. The molecule has 4 rings (SSSR count). The van der Waals surface area contributed by atoms with Crippen molar-refractivity contribution in [2.75, 3.05) is 16.3 Å². The van der Waals surface area contributed by atoms with Gasteiger partial charge >= 0.3 is 6.09 Å². The maximum atomic E-state index is 13.2. The van der Waals surface area contributed by atoms with Gasteiger partial charge in [0, 0.05) is 44.3 Å². The summed E-state index contributed by atoms with van der Waals surface area (Å²) in [5.41, 5.74) is 8.25. The molecule has 0 aromatic heterocycles. The molecule has 0 spiro atoms. The quantitative estimate of drug-likeness (QED) is 0.735. The number of benzene rings is 1. The topological polar surface area (TPSA) is 88.2 Å². The van der Waals surface area contributed by atoms with Gasteiger partial charge in [0.2, 0.25) is 5.91 Å². The van der Waals surface area contributed by atoms with Crippen LogP contribution in [0.5, 0.6) is 0 Å². The molecule has 0 radical (unpaired) electrons. The minimum Gasteiger partial charge on any atom is -0.445 e. The highest BCUT2D eigenvalue weighted by atomic mass is 19.3. The molecule has 1 heterocycles. The van der Waals surface area contributed by atoms with Gasteiger partial charge in [-0.25, -0.2) is 13.6 Å². The highest BCUT2D eigenvalue weighted by Gasteiger charge is 2.48. The van der Waals surface area contributed by atoms with E-state index in [-0.39, 0.29) is 18.5 Å². The van der Waals surface area contributed by atoms with Gasteiger partial charge in [0.15, 0.2) is 0 Å². The molecule has 7 nitrogen and oxygen atoms in total. The van der Waals surface area contributed by atoms with Crippen LogP contribution in [0.1, 0.15) is 45.1 Å². The van der Waals surface area contributed by atoms with Gasteiger partial charge < -0.3 is 15.4 Å². The van der Waals surface area contributed by atoms with Crippen LogP contribution < -0.4 is 15.5 Å². The number of allylic oxidation sites excluding steroid dienone is 1. The van der Waals surface area contributed by atoms with Crippen molar-refractivity contribution in [1.29, 1.82) is 0 Å². The van der Waals surface area contributed by atoms with Crippen LogP contribution in [0.3, 0.4) is 0 Å². The fraction of sp³-hybridized carbons (Fsp3) is 0.500. The fourth-order valence-electron chi connectivity index (χ4n) is 3.98. The first-order valence-corrected chi connectivity index (χ1v) is 10.4. The van der Waals surface area contributed by atoms with Gasteiger partial charge in [0.05, 0.1) is 23.5 Å². The van der Waals surface area contributed by atoms with Gasteiger partial charge in [0.25, 0.3) is 5.92 Å². The number of alkyl halides is 2. The second-order valence-corrected chi connectivity index (χ2v) is 8.45. The van der Waals surface area contributed by atoms with E-state index in [0.29, 0.717) is 23.0 Å². The summed E-state index contributed by atoms with van der Waals surface area (Å²) < 4.78 is 31.6. The molecule has 1 unspecified atom stereocenters. The normalized spacial score (nSPS) is 23.5. The molecule has 3 aliphatic rings. The first-order chi connectivity index (χ1) is 14.7. The minimum atomic E-state index is -2.78. The number of anilines is 2. The number of carbonyl (C=O) groups excluding carboxylic acids is 2. The molecule has 166 valence electrons. The van der Waals surface area contributed by atoms with E-state index < -0.39 is 31.0 Å². The van der Waals surface area contributed by atoms with Crippen LogP contribution in [0.2, 0.25) is 0 Å². The maximum Gasteiger partial charge on any atom is 0.414 e. The summed E-state index contributed by atoms with van der Waals surface area (Å²) >= 11 is 0. The molecule has 1 aliphatic heterocycles. The summed E-state index contributed by atoms with van der Waals surface area (Å²) in [5.74, 6) is -2.93. The predicted molar refractivity (Wildman–Crippen MR) is 115 cm³/mol. The Morgan fingerprint density at radius 2 is 1.97 bits per heavy atom. The molecule has 0 bridgehead atoms. The number of amides is 2. The molecule has 1 aromatic rings. The number of carbonyl (C=O) groups is 2. The third kappa shape index (κ3) is 4.40. The Bertz CT molecular complexity index is 950. The number of halogens is 2. The van der Waals surface area contributed by atoms with Crippen LogP contribution >= 0.6 is 0 Å². The van der Waals surface area contributed by atoms with E-state index in [9.17, 15) is 18.4 Å². The standard InChI is InChI=1S/C22H26F2N4O3/c1-13-12-27(21(30)31-18-8-22(23,24)9-18)20-7-15(3-6-19(20)28(13)14(2)29)16(10-25)11-26-17-4-5-17/h3,6-7,10-11,13,17-18H,4-5,8-9,12,25H2,1-2H3. The fourth-order valence-corrected chi connectivity index (χ4v) is 3.98. The Balaban J connectivity index is 1.65. The predicted octanol–water partition coefficient (Wildman–Crippen LogP) is 3.72. The number of ether oxygens (including phenoxy) is 1. The zero-order chi connectivity index (χ0) is 22.3. The van der Waals surface area contributed by atoms with Crippen molar-refractivity contribution in [3.63, 3.8) is 0 Å². The van der Waals surface area contributed by atoms with E-state index in [0.717, 1.165) is 18.4 Å². The third-order valence-corrected chi connectivity index (χ3v) is 5.78. The van der Waals surface area contributed by atoms with Crippen LogP contribution in [0.25, 0.3) is 5.57 Å². The van der Waals surface area contributed by atoms with Crippen molar-refractivity contribution < 1.29 is 23.1 Å². The number of rotatable bonds is 4. The lowest BCUT2D eigenvalue weighted by Crippen LogP contribution is -2.53. The van der Waals surface area contributed by atoms with Gasteiger partial charge in [-0.05, 0) is 37.5 Å². The molecule has 1 aromatic carbocycles. The number of nitrogens with zero attached hydrogens (tertiary/aromatic N) is 3. The Kier molecular flexibility index (Phi) is 5.45. The van der Waals surface area contributed by atoms with Crippen LogP contribution in [0.15, 0.2) is 29.4 Å². The lowest BCUT2D eigenvalue weighted by atomic mass is 9.91. The second-order valence-electron chi connectivity index (χ2n) is 8.45. The second kappa shape index (κ2) is 7.94. The Hall–Kier alpha value is -2.97. The Labute approximate surface area is 179 Å². The summed E-state index contributed by atoms with van der Waals surface area (Å²) in [6.07, 6.45) is 2.85. The van der Waals surface area contributed by atoms with Crippen LogP contribution in [0.4, 0.5) is 25.0 Å². The van der Waals surface area contributed by atoms with Gasteiger partial charge in [-0.2, -0.15) is 0 Å². The summed E-state index contributed by atoms with van der Waals surface area (Å²) in [4.78, 5) is 32.6. The average Bonchev–Trinajstić information content (AvgIpc) is 3.50. The van der Waals surface area contributed by atoms with E-state index in [4.69, 9.17) is 10.5 Å². The molecule has 1 atom stereocenters. The Morgan fingerprint density at radius 1 is 1.26 bits per heavy atom. The van der Waals surface area contributed by atoms with Crippen LogP contribution in [0, 0.1) is 0 Å². The average molecular weight is 432 g/mol. The van der Waals surface area contributed by atoms with Gasteiger partial charge in [0.1, 0.15) is 6.10 Å². The highest BCUT2D eigenvalue weighted by Crippen LogP contribution is 2.41. The van der Waals surface area contributed by atoms with E-state index in [2.05, 4.69) is 4.99 Å². The smallest absolute Gasteiger partial charge is 0.414 e. The number of aliphatic imine (C=N–C) groups is 1. The number of nitrogens with two attached hydrogens (primary N) is 1. The van der Waals surface area contributed by atoms with Gasteiger partial charge in [-0.3, -0.25) is 14.7 Å². The van der Waals surface area contributed by atoms with Crippen molar-refractivity contribution >= 4 is 35.2 Å². The molecular formula is C22H26F2N4O3. The Morgan fingerprint density at radius 3 is 2.55 bits per heavy atom. The molecule has 2 N–H and O–H groups in total. The number of hydrogen-bond acceptors (Lipinski definition) is 5. The van der Waals surface area contributed by atoms with Crippen LogP contribution in [-0.4, -0.2) is 48.9 Å². The van der Waals surface area contributed by atoms with Gasteiger partial charge in [-0.15, -0.1) is 0 Å². The highest BCUT2D eigenvalue weighted by molar-refractivity contribution is 6.11. The summed E-state index contributed by atoms with van der Waals surface area (Å²) in [7, 11) is 0. The zero-order valence-corrected chi connectivity index (χ0v) is 17.6. The summed E-state index contributed by atoms with van der Waals surface area (Å²) in [6.45, 7) is 3.48. The monoisotopic (exact) mass is 432 g/mol. The number of fused-ring (bicyclic) bond motifs is 1. The van der Waals surface area contributed by atoms with Gasteiger partial charge in [-0.1, -0.05) is 6.07 Å². The molecule has 9 heteroatoms. The summed E-state index contributed by atoms with van der Waals surface area (Å²) in [5, 5.41) is 0. The van der Waals surface area contributed by atoms with Crippen molar-refractivity contribution in [3.8, 4) is 0 Å². The van der Waals surface area contributed by atoms with Crippen molar-refractivity contribution in [3.05, 3.63) is 30.0 Å². The van der Waals surface area contributed by atoms with E-state index in [1.54, 1.807) is 23.2 Å². The summed E-state index contributed by atoms with van der Waals surface area (Å²) in [6, 6.07) is 5.36. The van der Waals surface area contributed by atoms with Crippen molar-refractivity contribution in [1.82, 2.24) is 0 Å². The molecule has 0 saturated heterocycles. The molecule has 2 aliphatic carbocycles. The lowest BCUT2D eigenvalue weighted by Gasteiger charge is -2.42. The molecule has 31 heavy (non-hydrogen) atoms.